The number of carbonyl (C=O) groups excluding carboxylic acids is 1. The van der Waals surface area contributed by atoms with Gasteiger partial charge in [0, 0.05) is 0 Å². The predicted octanol–water partition coefficient (Wildman–Crippen LogP) is 6.60. The fourth-order valence-corrected chi connectivity index (χ4v) is 5.21. The summed E-state index contributed by atoms with van der Waals surface area (Å²) < 4.78 is 10.1. The Morgan fingerprint density at radius 1 is 1.29 bits per heavy atom. The van der Waals surface area contributed by atoms with E-state index < -0.39 is 16.1 Å². The van der Waals surface area contributed by atoms with Gasteiger partial charge in [-0.05, 0) is 48.8 Å². The maximum atomic E-state index is 12.7. The number of thiazole rings is 1. The van der Waals surface area contributed by atoms with E-state index in [0.29, 0.717) is 22.9 Å². The molecule has 2 N–H and O–H groups in total. The number of ether oxygens (including phenoxy) is 2. The van der Waals surface area contributed by atoms with Crippen LogP contribution in [-0.4, -0.2) is 34.2 Å². The standard InChI is InChI=1S/C21H28Cl3N3O3S/c1-11(2)14-7-5-12(3)9-16(14)30-20(28)27-18(21(22,23)24)26-19-25-15-8-6-13(29-4)10-17(15)31-19/h6,8,10-12,14,16,18H,5,7,9H2,1-4H3,(H,25,26)(H,27,28)/t12-,14-,16+,18+/m0/s1. The van der Waals surface area contributed by atoms with Gasteiger partial charge in [-0.1, -0.05) is 73.3 Å². The quantitative estimate of drug-likeness (QED) is 0.340. The number of methoxy groups -OCH3 is 1. The van der Waals surface area contributed by atoms with Crippen LogP contribution in [0, 0.1) is 17.8 Å². The summed E-state index contributed by atoms with van der Waals surface area (Å²) in [5.41, 5.74) is 0.773. The maximum Gasteiger partial charge on any atom is 0.409 e. The van der Waals surface area contributed by atoms with Gasteiger partial charge in [0.15, 0.2) is 11.3 Å². The van der Waals surface area contributed by atoms with Crippen LogP contribution in [0.2, 0.25) is 0 Å². The van der Waals surface area contributed by atoms with E-state index in [0.717, 1.165) is 35.2 Å². The fourth-order valence-electron chi connectivity index (χ4n) is 3.96. The van der Waals surface area contributed by atoms with Gasteiger partial charge in [0.2, 0.25) is 3.79 Å². The smallest absolute Gasteiger partial charge is 0.409 e. The number of alkyl halides is 3. The van der Waals surface area contributed by atoms with Gasteiger partial charge in [0.1, 0.15) is 11.9 Å². The molecule has 10 heteroatoms. The molecule has 0 radical (unpaired) electrons. The van der Waals surface area contributed by atoms with Crippen LogP contribution >= 0.6 is 46.1 Å². The summed E-state index contributed by atoms with van der Waals surface area (Å²) >= 11 is 19.8. The first kappa shape index (κ1) is 24.5. The Bertz CT molecular complexity index is 903. The van der Waals surface area contributed by atoms with Gasteiger partial charge in [-0.2, -0.15) is 0 Å². The molecule has 2 aromatic rings. The van der Waals surface area contributed by atoms with Crippen molar-refractivity contribution in [3.8, 4) is 5.75 Å². The summed E-state index contributed by atoms with van der Waals surface area (Å²) in [6, 6.07) is 5.54. The molecular formula is C21H28Cl3N3O3S. The lowest BCUT2D eigenvalue weighted by atomic mass is 9.75. The minimum absolute atomic E-state index is 0.158. The first-order valence-electron chi connectivity index (χ1n) is 10.3. The maximum absolute atomic E-state index is 12.7. The van der Waals surface area contributed by atoms with Crippen molar-refractivity contribution in [2.45, 2.75) is 56.1 Å². The molecule has 4 atom stereocenters. The van der Waals surface area contributed by atoms with Crippen LogP contribution in [-0.2, 0) is 4.74 Å². The van der Waals surface area contributed by atoms with Crippen molar-refractivity contribution < 1.29 is 14.3 Å². The SMILES string of the molecule is COc1ccc2nc(N[C@H](NC(=O)O[C@@H]3C[C@@H](C)CC[C@H]3C(C)C)C(Cl)(Cl)Cl)sc2c1. The van der Waals surface area contributed by atoms with Crippen molar-refractivity contribution in [3.63, 3.8) is 0 Å². The number of nitrogens with zero attached hydrogens (tertiary/aromatic N) is 1. The summed E-state index contributed by atoms with van der Waals surface area (Å²) in [6.07, 6.45) is 1.22. The average Bonchev–Trinajstić information content (AvgIpc) is 3.08. The van der Waals surface area contributed by atoms with Crippen molar-refractivity contribution in [2.75, 3.05) is 12.4 Å². The van der Waals surface area contributed by atoms with E-state index in [1.807, 2.05) is 18.2 Å². The Labute approximate surface area is 201 Å². The van der Waals surface area contributed by atoms with E-state index in [1.54, 1.807) is 7.11 Å². The second-order valence-electron chi connectivity index (χ2n) is 8.39. The molecule has 1 heterocycles. The molecule has 3 rings (SSSR count). The van der Waals surface area contributed by atoms with Crippen molar-refractivity contribution >= 4 is 67.6 Å². The second-order valence-corrected chi connectivity index (χ2v) is 11.8. The number of benzene rings is 1. The number of hydrogen-bond donors (Lipinski definition) is 2. The molecule has 0 bridgehead atoms. The highest BCUT2D eigenvalue weighted by Gasteiger charge is 2.38. The zero-order valence-corrected chi connectivity index (χ0v) is 21.0. The zero-order chi connectivity index (χ0) is 22.8. The number of halogens is 3. The van der Waals surface area contributed by atoms with Gasteiger partial charge < -0.3 is 14.8 Å². The number of aromatic nitrogens is 1. The Morgan fingerprint density at radius 2 is 2.03 bits per heavy atom. The molecule has 1 aromatic carbocycles. The second kappa shape index (κ2) is 10.2. The predicted molar refractivity (Wildman–Crippen MR) is 129 cm³/mol. The molecule has 31 heavy (non-hydrogen) atoms. The van der Waals surface area contributed by atoms with Crippen molar-refractivity contribution in [2.24, 2.45) is 17.8 Å². The number of anilines is 1. The zero-order valence-electron chi connectivity index (χ0n) is 18.0. The van der Waals surface area contributed by atoms with E-state index in [-0.39, 0.29) is 6.10 Å². The van der Waals surface area contributed by atoms with E-state index >= 15 is 0 Å². The molecule has 1 aliphatic carbocycles. The highest BCUT2D eigenvalue weighted by molar-refractivity contribution is 7.22. The molecule has 1 aromatic heterocycles. The first-order valence-corrected chi connectivity index (χ1v) is 12.3. The first-order chi connectivity index (χ1) is 14.6. The van der Waals surface area contributed by atoms with Crippen LogP contribution in [0.5, 0.6) is 5.75 Å². The summed E-state index contributed by atoms with van der Waals surface area (Å²) in [6.45, 7) is 6.49. The van der Waals surface area contributed by atoms with Gasteiger partial charge in [0.05, 0.1) is 17.3 Å². The lowest BCUT2D eigenvalue weighted by Gasteiger charge is -2.37. The monoisotopic (exact) mass is 507 g/mol. The summed E-state index contributed by atoms with van der Waals surface area (Å²) in [5, 5.41) is 6.19. The molecule has 1 aliphatic rings. The largest absolute Gasteiger partial charge is 0.497 e. The third kappa shape index (κ3) is 6.44. The van der Waals surface area contributed by atoms with Crippen molar-refractivity contribution in [1.29, 1.82) is 0 Å². The van der Waals surface area contributed by atoms with E-state index in [4.69, 9.17) is 44.3 Å². The molecule has 1 fully saturated rings. The average molecular weight is 509 g/mol. The Kier molecular flexibility index (Phi) is 8.05. The normalized spacial score (nSPS) is 22.9. The fraction of sp³-hybridized carbons (Fsp3) is 0.619. The van der Waals surface area contributed by atoms with Crippen LogP contribution in [0.3, 0.4) is 0 Å². The van der Waals surface area contributed by atoms with Crippen molar-refractivity contribution in [3.05, 3.63) is 18.2 Å². The number of fused-ring (bicyclic) bond motifs is 1. The van der Waals surface area contributed by atoms with E-state index in [9.17, 15) is 4.79 Å². The molecular weight excluding hydrogens is 481 g/mol. The number of alkyl carbamates (subject to hydrolysis) is 1. The molecule has 0 spiro atoms. The number of rotatable bonds is 6. The number of carbonyl (C=O) groups is 1. The molecule has 0 aliphatic heterocycles. The summed E-state index contributed by atoms with van der Waals surface area (Å²) in [5.74, 6) is 1.98. The van der Waals surface area contributed by atoms with E-state index in [1.165, 1.54) is 11.3 Å². The van der Waals surface area contributed by atoms with Gasteiger partial charge in [-0.25, -0.2) is 9.78 Å². The highest BCUT2D eigenvalue weighted by Crippen LogP contribution is 2.37. The summed E-state index contributed by atoms with van der Waals surface area (Å²) in [7, 11) is 1.60. The minimum Gasteiger partial charge on any atom is -0.497 e. The van der Waals surface area contributed by atoms with E-state index in [2.05, 4.69) is 36.4 Å². The minimum atomic E-state index is -1.81. The Morgan fingerprint density at radius 3 is 2.68 bits per heavy atom. The van der Waals surface area contributed by atoms with Crippen LogP contribution in [0.4, 0.5) is 9.93 Å². The van der Waals surface area contributed by atoms with Gasteiger partial charge in [-0.15, -0.1) is 0 Å². The Balaban J connectivity index is 1.70. The molecule has 0 unspecified atom stereocenters. The molecule has 172 valence electrons. The molecule has 1 amide bonds. The van der Waals surface area contributed by atoms with Crippen LogP contribution in [0.1, 0.15) is 40.0 Å². The lowest BCUT2D eigenvalue weighted by molar-refractivity contribution is 0.00534. The lowest BCUT2D eigenvalue weighted by Crippen LogP contribution is -2.50. The topological polar surface area (TPSA) is 72.5 Å². The van der Waals surface area contributed by atoms with Crippen LogP contribution < -0.4 is 15.4 Å². The summed E-state index contributed by atoms with van der Waals surface area (Å²) in [4.78, 5) is 17.2. The third-order valence-corrected chi connectivity index (χ3v) is 7.28. The Hall–Kier alpha value is -1.15. The van der Waals surface area contributed by atoms with Gasteiger partial charge in [0.25, 0.3) is 0 Å². The van der Waals surface area contributed by atoms with Crippen molar-refractivity contribution in [1.82, 2.24) is 10.3 Å². The number of hydrogen-bond acceptors (Lipinski definition) is 6. The molecule has 0 saturated heterocycles. The van der Waals surface area contributed by atoms with Gasteiger partial charge in [-0.3, -0.25) is 5.32 Å². The number of nitrogens with one attached hydrogen (secondary N) is 2. The molecule has 6 nitrogen and oxygen atoms in total. The van der Waals surface area contributed by atoms with Crippen LogP contribution in [0.15, 0.2) is 18.2 Å². The highest BCUT2D eigenvalue weighted by atomic mass is 35.6. The van der Waals surface area contributed by atoms with Crippen LogP contribution in [0.25, 0.3) is 10.2 Å². The third-order valence-electron chi connectivity index (χ3n) is 5.67. The molecule has 1 saturated carbocycles. The van der Waals surface area contributed by atoms with Gasteiger partial charge >= 0.3 is 6.09 Å². The number of amides is 1.